The number of anilines is 1. The summed E-state index contributed by atoms with van der Waals surface area (Å²) in [5.74, 6) is 0. The molecule has 0 aromatic heterocycles. The second kappa shape index (κ2) is 6.93. The summed E-state index contributed by atoms with van der Waals surface area (Å²) in [5.41, 5.74) is 2.26. The molecule has 0 saturated carbocycles. The highest BCUT2D eigenvalue weighted by Gasteiger charge is 2.29. The van der Waals surface area contributed by atoms with Gasteiger partial charge in [-0.3, -0.25) is 4.90 Å². The Morgan fingerprint density at radius 1 is 1.29 bits per heavy atom. The number of nitrogens with zero attached hydrogens (tertiary/aromatic N) is 4. The third kappa shape index (κ3) is 3.55. The van der Waals surface area contributed by atoms with Crippen molar-refractivity contribution in [3.05, 3.63) is 29.8 Å². The molecule has 1 aromatic rings. The fraction of sp³-hybridized carbons (Fsp3) is 0.588. The maximum absolute atomic E-state index is 9.64. The predicted octanol–water partition coefficient (Wildman–Crippen LogP) is 2.34. The van der Waals surface area contributed by atoms with Crippen molar-refractivity contribution >= 4 is 5.69 Å². The second-order valence-electron chi connectivity index (χ2n) is 6.00. The topological polar surface area (TPSA) is 33.5 Å². The molecule has 2 unspecified atom stereocenters. The van der Waals surface area contributed by atoms with Crippen molar-refractivity contribution in [1.82, 2.24) is 9.80 Å². The van der Waals surface area contributed by atoms with Gasteiger partial charge in [0.05, 0.1) is 6.07 Å². The Bertz CT molecular complexity index is 489. The summed E-state index contributed by atoms with van der Waals surface area (Å²) < 4.78 is 0. The lowest BCUT2D eigenvalue weighted by atomic mass is 10.0. The van der Waals surface area contributed by atoms with Gasteiger partial charge in [0.1, 0.15) is 6.04 Å². The largest absolute Gasteiger partial charge is 0.378 e. The highest BCUT2D eigenvalue weighted by atomic mass is 15.3. The lowest BCUT2D eigenvalue weighted by Crippen LogP contribution is -2.52. The molecule has 1 fully saturated rings. The average Bonchev–Trinajstić information content (AvgIpc) is 2.50. The molecule has 0 aliphatic carbocycles. The molecule has 2 rings (SSSR count). The van der Waals surface area contributed by atoms with Crippen LogP contribution in [0, 0.1) is 11.3 Å². The van der Waals surface area contributed by atoms with Crippen molar-refractivity contribution in [1.29, 1.82) is 5.26 Å². The first kappa shape index (κ1) is 15.8. The van der Waals surface area contributed by atoms with E-state index in [4.69, 9.17) is 0 Å². The number of likely N-dealkylation sites (N-methyl/N-ethyl adjacent to an activating group) is 1. The third-order valence-corrected chi connectivity index (χ3v) is 4.39. The minimum absolute atomic E-state index is 0.143. The Balaban J connectivity index is 2.14. The molecule has 1 heterocycles. The van der Waals surface area contributed by atoms with Crippen LogP contribution in [-0.4, -0.2) is 56.1 Å². The van der Waals surface area contributed by atoms with E-state index in [0.717, 1.165) is 31.7 Å². The summed E-state index contributed by atoms with van der Waals surface area (Å²) in [5, 5.41) is 9.64. The van der Waals surface area contributed by atoms with Gasteiger partial charge in [-0.2, -0.15) is 5.26 Å². The Kier molecular flexibility index (Phi) is 5.22. The first-order chi connectivity index (χ1) is 10.1. The van der Waals surface area contributed by atoms with E-state index >= 15 is 0 Å². The van der Waals surface area contributed by atoms with E-state index in [0.29, 0.717) is 6.04 Å². The van der Waals surface area contributed by atoms with Crippen LogP contribution in [0.2, 0.25) is 0 Å². The van der Waals surface area contributed by atoms with Crippen molar-refractivity contribution < 1.29 is 0 Å². The Morgan fingerprint density at radius 3 is 2.43 bits per heavy atom. The number of hydrogen-bond acceptors (Lipinski definition) is 4. The molecule has 114 valence electrons. The van der Waals surface area contributed by atoms with E-state index in [9.17, 15) is 5.26 Å². The Hall–Kier alpha value is -1.57. The summed E-state index contributed by atoms with van der Waals surface area (Å²) >= 11 is 0. The van der Waals surface area contributed by atoms with Crippen molar-refractivity contribution in [2.45, 2.75) is 25.9 Å². The van der Waals surface area contributed by atoms with Gasteiger partial charge in [-0.1, -0.05) is 19.1 Å². The van der Waals surface area contributed by atoms with Gasteiger partial charge >= 0.3 is 0 Å². The van der Waals surface area contributed by atoms with E-state index in [1.165, 1.54) is 5.69 Å². The van der Waals surface area contributed by atoms with Crippen LogP contribution in [0.5, 0.6) is 0 Å². The van der Waals surface area contributed by atoms with Gasteiger partial charge < -0.3 is 9.80 Å². The highest BCUT2D eigenvalue weighted by Crippen LogP contribution is 2.26. The van der Waals surface area contributed by atoms with Gasteiger partial charge in [-0.25, -0.2) is 0 Å². The fourth-order valence-corrected chi connectivity index (χ4v) is 3.01. The summed E-state index contributed by atoms with van der Waals surface area (Å²) in [6.07, 6.45) is 0. The van der Waals surface area contributed by atoms with E-state index < -0.39 is 0 Å². The fourth-order valence-electron chi connectivity index (χ4n) is 3.01. The maximum Gasteiger partial charge on any atom is 0.124 e. The van der Waals surface area contributed by atoms with Crippen LogP contribution < -0.4 is 4.90 Å². The highest BCUT2D eigenvalue weighted by molar-refractivity contribution is 5.47. The molecular weight excluding hydrogens is 260 g/mol. The zero-order chi connectivity index (χ0) is 15.4. The van der Waals surface area contributed by atoms with Crippen LogP contribution in [0.3, 0.4) is 0 Å². The molecule has 0 amide bonds. The molecule has 4 heteroatoms. The van der Waals surface area contributed by atoms with Crippen LogP contribution in [0.15, 0.2) is 24.3 Å². The smallest absolute Gasteiger partial charge is 0.124 e. The van der Waals surface area contributed by atoms with Crippen LogP contribution in [0.1, 0.15) is 25.5 Å². The molecule has 1 aromatic carbocycles. The molecule has 0 spiro atoms. The summed E-state index contributed by atoms with van der Waals surface area (Å²) in [6, 6.07) is 11.1. The molecule has 2 atom stereocenters. The van der Waals surface area contributed by atoms with E-state index in [1.807, 2.05) is 14.1 Å². The van der Waals surface area contributed by atoms with E-state index in [1.54, 1.807) is 0 Å². The quantitative estimate of drug-likeness (QED) is 0.851. The normalized spacial score (nSPS) is 21.8. The van der Waals surface area contributed by atoms with Gasteiger partial charge in [-0.05, 0) is 31.2 Å². The minimum Gasteiger partial charge on any atom is -0.378 e. The van der Waals surface area contributed by atoms with Gasteiger partial charge in [0, 0.05) is 45.5 Å². The number of piperazine rings is 1. The van der Waals surface area contributed by atoms with Crippen LogP contribution >= 0.6 is 0 Å². The second-order valence-corrected chi connectivity index (χ2v) is 6.00. The SMILES string of the molecule is CCN1CCN(C(C#N)c2ccc(N(C)C)cc2)C(C)C1. The standard InChI is InChI=1S/C17H26N4/c1-5-20-10-11-21(14(2)13-20)17(12-18)15-6-8-16(9-7-15)19(3)4/h6-9,14,17H,5,10-11,13H2,1-4H3. The molecule has 0 bridgehead atoms. The van der Waals surface area contributed by atoms with Gasteiger partial charge in [0.25, 0.3) is 0 Å². The zero-order valence-corrected chi connectivity index (χ0v) is 13.6. The average molecular weight is 286 g/mol. The van der Waals surface area contributed by atoms with Gasteiger partial charge in [0.2, 0.25) is 0 Å². The first-order valence-electron chi connectivity index (χ1n) is 7.71. The van der Waals surface area contributed by atoms with Crippen molar-refractivity contribution in [3.63, 3.8) is 0 Å². The number of hydrogen-bond donors (Lipinski definition) is 0. The van der Waals surface area contributed by atoms with E-state index in [-0.39, 0.29) is 6.04 Å². The molecule has 0 N–H and O–H groups in total. The maximum atomic E-state index is 9.64. The van der Waals surface area contributed by atoms with Gasteiger partial charge in [0.15, 0.2) is 0 Å². The van der Waals surface area contributed by atoms with Crippen molar-refractivity contribution in [3.8, 4) is 6.07 Å². The number of rotatable bonds is 4. The first-order valence-corrected chi connectivity index (χ1v) is 7.71. The van der Waals surface area contributed by atoms with Crippen LogP contribution in [0.25, 0.3) is 0 Å². The van der Waals surface area contributed by atoms with Crippen LogP contribution in [0.4, 0.5) is 5.69 Å². The molecule has 1 aliphatic heterocycles. The third-order valence-electron chi connectivity index (χ3n) is 4.39. The summed E-state index contributed by atoms with van der Waals surface area (Å²) in [4.78, 5) is 6.86. The van der Waals surface area contributed by atoms with Crippen molar-refractivity contribution in [2.75, 3.05) is 45.2 Å². The summed E-state index contributed by atoms with van der Waals surface area (Å²) in [7, 11) is 4.06. The Morgan fingerprint density at radius 2 is 1.95 bits per heavy atom. The molecule has 0 radical (unpaired) electrons. The van der Waals surface area contributed by atoms with Crippen LogP contribution in [-0.2, 0) is 0 Å². The lowest BCUT2D eigenvalue weighted by molar-refractivity contribution is 0.0683. The molecule has 1 saturated heterocycles. The van der Waals surface area contributed by atoms with E-state index in [2.05, 4.69) is 58.9 Å². The summed E-state index contributed by atoms with van der Waals surface area (Å²) in [6.45, 7) is 8.57. The predicted molar refractivity (Wildman–Crippen MR) is 87.4 cm³/mol. The molecule has 4 nitrogen and oxygen atoms in total. The lowest BCUT2D eigenvalue weighted by Gasteiger charge is -2.41. The van der Waals surface area contributed by atoms with Gasteiger partial charge in [-0.15, -0.1) is 0 Å². The minimum atomic E-state index is -0.143. The number of nitriles is 1. The number of benzene rings is 1. The monoisotopic (exact) mass is 286 g/mol. The molecule has 1 aliphatic rings. The zero-order valence-electron chi connectivity index (χ0n) is 13.6. The molecular formula is C17H26N4. The van der Waals surface area contributed by atoms with Crippen molar-refractivity contribution in [2.24, 2.45) is 0 Å². The molecule has 21 heavy (non-hydrogen) atoms. The Labute approximate surface area is 128 Å².